The van der Waals surface area contributed by atoms with Gasteiger partial charge < -0.3 is 9.15 Å². The van der Waals surface area contributed by atoms with Gasteiger partial charge in [-0.05, 0) is 61.4 Å². The molecule has 34 heavy (non-hydrogen) atoms. The molecule has 1 aromatic heterocycles. The van der Waals surface area contributed by atoms with Crippen LogP contribution in [0, 0.1) is 19.7 Å². The summed E-state index contributed by atoms with van der Waals surface area (Å²) in [5.74, 6) is -1.36. The highest BCUT2D eigenvalue weighted by Crippen LogP contribution is 2.25. The Bertz CT molecular complexity index is 1560. The van der Waals surface area contributed by atoms with Gasteiger partial charge in [-0.2, -0.15) is 0 Å². The third-order valence-corrected chi connectivity index (χ3v) is 6.77. The van der Waals surface area contributed by atoms with Crippen LogP contribution in [-0.4, -0.2) is 14.4 Å². The summed E-state index contributed by atoms with van der Waals surface area (Å²) >= 11 is 0. The van der Waals surface area contributed by atoms with Crippen LogP contribution in [-0.2, 0) is 21.4 Å². The van der Waals surface area contributed by atoms with Crippen LogP contribution in [0.1, 0.15) is 27.0 Å². The number of esters is 1. The van der Waals surface area contributed by atoms with E-state index in [4.69, 9.17) is 9.15 Å². The molecular formula is C25H20FNO6S. The minimum Gasteiger partial charge on any atom is -0.457 e. The molecule has 7 nitrogen and oxygen atoms in total. The first kappa shape index (κ1) is 23.2. The van der Waals surface area contributed by atoms with Gasteiger partial charge in [-0.25, -0.2) is 22.4 Å². The number of fused-ring (bicyclic) bond motifs is 1. The van der Waals surface area contributed by atoms with E-state index in [1.165, 1.54) is 18.2 Å². The molecule has 0 unspecified atom stereocenters. The smallest absolute Gasteiger partial charge is 0.340 e. The lowest BCUT2D eigenvalue weighted by molar-refractivity contribution is 0.0475. The molecule has 4 rings (SSSR count). The van der Waals surface area contributed by atoms with Crippen molar-refractivity contribution in [2.24, 2.45) is 0 Å². The fourth-order valence-corrected chi connectivity index (χ4v) is 4.51. The molecule has 3 aromatic carbocycles. The molecule has 0 spiro atoms. The van der Waals surface area contributed by atoms with Crippen molar-refractivity contribution in [2.75, 3.05) is 4.72 Å². The highest BCUT2D eigenvalue weighted by Gasteiger charge is 2.20. The van der Waals surface area contributed by atoms with Crippen LogP contribution in [0.2, 0.25) is 0 Å². The van der Waals surface area contributed by atoms with E-state index >= 15 is 0 Å². The number of hydrogen-bond donors (Lipinski definition) is 1. The van der Waals surface area contributed by atoms with Crippen molar-refractivity contribution < 1.29 is 26.8 Å². The molecule has 0 radical (unpaired) electrons. The van der Waals surface area contributed by atoms with Crippen molar-refractivity contribution in [3.05, 3.63) is 105 Å². The van der Waals surface area contributed by atoms with E-state index in [0.717, 1.165) is 35.4 Å². The lowest BCUT2D eigenvalue weighted by Crippen LogP contribution is -2.16. The van der Waals surface area contributed by atoms with E-state index in [0.29, 0.717) is 16.5 Å². The molecule has 0 aliphatic heterocycles. The zero-order valence-electron chi connectivity index (χ0n) is 18.3. The summed E-state index contributed by atoms with van der Waals surface area (Å²) in [7, 11) is -4.07. The zero-order valence-corrected chi connectivity index (χ0v) is 19.1. The Labute approximate surface area is 194 Å². The van der Waals surface area contributed by atoms with E-state index in [-0.39, 0.29) is 22.8 Å². The predicted molar refractivity (Wildman–Crippen MR) is 125 cm³/mol. The van der Waals surface area contributed by atoms with Crippen LogP contribution >= 0.6 is 0 Å². The van der Waals surface area contributed by atoms with Crippen molar-refractivity contribution in [3.63, 3.8) is 0 Å². The summed E-state index contributed by atoms with van der Waals surface area (Å²) in [4.78, 5) is 24.7. The van der Waals surface area contributed by atoms with Gasteiger partial charge in [0.2, 0.25) is 0 Å². The van der Waals surface area contributed by atoms with Crippen LogP contribution in [0.4, 0.5) is 10.1 Å². The van der Waals surface area contributed by atoms with Crippen molar-refractivity contribution in [2.45, 2.75) is 25.3 Å². The summed E-state index contributed by atoms with van der Waals surface area (Å²) in [6.07, 6.45) is 0. The molecule has 4 aromatic rings. The van der Waals surface area contributed by atoms with Gasteiger partial charge in [0, 0.05) is 17.0 Å². The van der Waals surface area contributed by atoms with Gasteiger partial charge in [0.15, 0.2) is 0 Å². The zero-order chi connectivity index (χ0) is 24.5. The molecule has 9 heteroatoms. The van der Waals surface area contributed by atoms with E-state index in [1.807, 2.05) is 19.9 Å². The number of carbonyl (C=O) groups excluding carboxylic acids is 1. The molecule has 0 bridgehead atoms. The molecule has 1 heterocycles. The van der Waals surface area contributed by atoms with Gasteiger partial charge in [-0.1, -0.05) is 24.3 Å². The topological polar surface area (TPSA) is 103 Å². The number of rotatable bonds is 6. The number of ether oxygens (including phenoxy) is 1. The first-order valence-electron chi connectivity index (χ1n) is 10.2. The van der Waals surface area contributed by atoms with Gasteiger partial charge in [0.1, 0.15) is 18.0 Å². The Morgan fingerprint density at radius 1 is 1.03 bits per heavy atom. The molecule has 0 amide bonds. The second kappa shape index (κ2) is 9.11. The van der Waals surface area contributed by atoms with Crippen LogP contribution < -0.4 is 10.3 Å². The third kappa shape index (κ3) is 4.69. The third-order valence-electron chi connectivity index (χ3n) is 5.39. The first-order chi connectivity index (χ1) is 16.2. The maximum Gasteiger partial charge on any atom is 0.340 e. The normalized spacial score (nSPS) is 11.4. The van der Waals surface area contributed by atoms with Crippen LogP contribution in [0.5, 0.6) is 0 Å². The predicted octanol–water partition coefficient (Wildman–Crippen LogP) is 4.71. The molecule has 0 saturated carbocycles. The Morgan fingerprint density at radius 3 is 2.47 bits per heavy atom. The van der Waals surface area contributed by atoms with Crippen molar-refractivity contribution in [3.8, 4) is 0 Å². The molecule has 174 valence electrons. The number of anilines is 1. The Hall–Kier alpha value is -3.98. The van der Waals surface area contributed by atoms with Crippen molar-refractivity contribution >= 4 is 32.6 Å². The molecule has 0 aliphatic rings. The number of para-hydroxylation sites is 1. The number of nitrogens with one attached hydrogen (secondary N) is 1. The minimum atomic E-state index is -4.07. The number of benzene rings is 3. The average Bonchev–Trinajstić information content (AvgIpc) is 2.80. The van der Waals surface area contributed by atoms with E-state index < -0.39 is 27.4 Å². The number of halogens is 1. The molecule has 0 saturated heterocycles. The fourth-order valence-electron chi connectivity index (χ4n) is 3.43. The highest BCUT2D eigenvalue weighted by atomic mass is 32.2. The standard InChI is InChI=1S/C25H20FNO6S/c1-15-7-12-20-17(13-23(28)33-24(20)16(15)2)14-32-25(29)21-5-3-4-6-22(21)27-34(30,31)19-10-8-18(26)9-11-19/h3-13,27H,14H2,1-2H3. The second-order valence-corrected chi connectivity index (χ2v) is 9.34. The highest BCUT2D eigenvalue weighted by molar-refractivity contribution is 7.92. The molecule has 0 aliphatic carbocycles. The van der Waals surface area contributed by atoms with Crippen molar-refractivity contribution in [1.82, 2.24) is 0 Å². The summed E-state index contributed by atoms with van der Waals surface area (Å²) < 4.78 is 51.6. The van der Waals surface area contributed by atoms with Crippen LogP contribution in [0.15, 0.2) is 80.8 Å². The summed E-state index contributed by atoms with van der Waals surface area (Å²) in [5, 5.41) is 0.640. The summed E-state index contributed by atoms with van der Waals surface area (Å²) in [6, 6.07) is 15.2. The maximum atomic E-state index is 13.2. The van der Waals surface area contributed by atoms with E-state index in [2.05, 4.69) is 4.72 Å². The Balaban J connectivity index is 1.59. The lowest BCUT2D eigenvalue weighted by Gasteiger charge is -2.13. The molecule has 0 fully saturated rings. The largest absolute Gasteiger partial charge is 0.457 e. The van der Waals surface area contributed by atoms with Gasteiger partial charge in [-0.15, -0.1) is 0 Å². The second-order valence-electron chi connectivity index (χ2n) is 7.66. The summed E-state index contributed by atoms with van der Waals surface area (Å²) in [6.45, 7) is 3.51. The Morgan fingerprint density at radius 2 is 1.74 bits per heavy atom. The van der Waals surface area contributed by atoms with E-state index in [9.17, 15) is 22.4 Å². The molecule has 1 N–H and O–H groups in total. The van der Waals surface area contributed by atoms with Gasteiger partial charge in [-0.3, -0.25) is 4.72 Å². The Kier molecular flexibility index (Phi) is 6.21. The fraction of sp³-hybridized carbons (Fsp3) is 0.120. The van der Waals surface area contributed by atoms with Crippen LogP contribution in [0.25, 0.3) is 11.0 Å². The lowest BCUT2D eigenvalue weighted by atomic mass is 10.0. The number of sulfonamides is 1. The van der Waals surface area contributed by atoms with E-state index in [1.54, 1.807) is 18.2 Å². The first-order valence-corrected chi connectivity index (χ1v) is 11.7. The quantitative estimate of drug-likeness (QED) is 0.316. The summed E-state index contributed by atoms with van der Waals surface area (Å²) in [5.41, 5.74) is 2.06. The van der Waals surface area contributed by atoms with Gasteiger partial charge in [0.05, 0.1) is 16.1 Å². The monoisotopic (exact) mass is 481 g/mol. The average molecular weight is 482 g/mol. The maximum absolute atomic E-state index is 13.2. The van der Waals surface area contributed by atoms with Gasteiger partial charge >= 0.3 is 11.6 Å². The van der Waals surface area contributed by atoms with Crippen LogP contribution in [0.3, 0.4) is 0 Å². The molecular weight excluding hydrogens is 461 g/mol. The molecule has 0 atom stereocenters. The number of aryl methyl sites for hydroxylation is 2. The number of hydrogen-bond acceptors (Lipinski definition) is 6. The minimum absolute atomic E-state index is 0.000674. The van der Waals surface area contributed by atoms with Crippen molar-refractivity contribution in [1.29, 1.82) is 0 Å². The SMILES string of the molecule is Cc1ccc2c(COC(=O)c3ccccc3NS(=O)(=O)c3ccc(F)cc3)cc(=O)oc2c1C. The number of carbonyl (C=O) groups is 1. The van der Waals surface area contributed by atoms with Gasteiger partial charge in [0.25, 0.3) is 10.0 Å².